The lowest BCUT2D eigenvalue weighted by atomic mass is 10.1. The summed E-state index contributed by atoms with van der Waals surface area (Å²) in [5.74, 6) is -0.795. The zero-order valence-electron chi connectivity index (χ0n) is 20.7. The topological polar surface area (TPSA) is 94.2 Å². The summed E-state index contributed by atoms with van der Waals surface area (Å²) in [6.45, 7) is 12.1. The number of carbonyl (C=O) groups excluding carboxylic acids is 3. The number of carbonyl (C=O) groups is 3. The second-order valence-electron chi connectivity index (χ2n) is 10.3. The number of nitrogens with one attached hydrogen (secondary N) is 1. The van der Waals surface area contributed by atoms with Gasteiger partial charge >= 0.3 is 18.0 Å². The summed E-state index contributed by atoms with van der Waals surface area (Å²) >= 11 is 0. The average Bonchev–Trinajstić information content (AvgIpc) is 3.16. The van der Waals surface area contributed by atoms with E-state index in [0.717, 1.165) is 18.5 Å². The second-order valence-corrected chi connectivity index (χ2v) is 10.3. The van der Waals surface area contributed by atoms with Crippen molar-refractivity contribution in [2.75, 3.05) is 13.1 Å². The molecule has 0 unspecified atom stereocenters. The maximum Gasteiger partial charge on any atom is 0.408 e. The van der Waals surface area contributed by atoms with Crippen molar-refractivity contribution >= 4 is 18.0 Å². The van der Waals surface area contributed by atoms with Crippen LogP contribution in [-0.2, 0) is 30.4 Å². The highest BCUT2D eigenvalue weighted by Crippen LogP contribution is 2.22. The van der Waals surface area contributed by atoms with Gasteiger partial charge in [0, 0.05) is 6.54 Å². The summed E-state index contributed by atoms with van der Waals surface area (Å²) in [7, 11) is 0. The number of benzene rings is 1. The summed E-state index contributed by atoms with van der Waals surface area (Å²) in [6, 6.07) is 8.05. The van der Waals surface area contributed by atoms with Crippen LogP contribution in [0.25, 0.3) is 0 Å². The van der Waals surface area contributed by atoms with E-state index >= 15 is 0 Å². The highest BCUT2D eigenvalue weighted by molar-refractivity contribution is 5.81. The van der Waals surface area contributed by atoms with E-state index in [1.165, 1.54) is 0 Å². The molecule has 1 N–H and O–H groups in total. The Morgan fingerprint density at radius 2 is 1.67 bits per heavy atom. The molecular formula is C25H38N2O6. The lowest BCUT2D eigenvalue weighted by Gasteiger charge is -2.29. The standard InChI is InChI=1S/C25H38N2O6/c1-24(2,3)32-21(28)19(26-23(30)31-17-18-11-8-7-9-12-18)14-16-27-15-10-13-20(27)22(29)33-25(4,5)6/h7-9,11-12,19-20H,10,13-17H2,1-6H3,(H,26,30)/t19-,20-/m0/s1. The quantitative estimate of drug-likeness (QED) is 0.464. The zero-order valence-corrected chi connectivity index (χ0v) is 20.7. The van der Waals surface area contributed by atoms with Crippen molar-refractivity contribution in [3.8, 4) is 0 Å². The average molecular weight is 463 g/mol. The summed E-state index contributed by atoms with van der Waals surface area (Å²) in [4.78, 5) is 39.8. The Morgan fingerprint density at radius 1 is 1.03 bits per heavy atom. The largest absolute Gasteiger partial charge is 0.459 e. The maximum atomic E-state index is 12.8. The fourth-order valence-electron chi connectivity index (χ4n) is 3.55. The minimum Gasteiger partial charge on any atom is -0.459 e. The molecule has 8 heteroatoms. The number of amides is 1. The first kappa shape index (κ1) is 26.6. The van der Waals surface area contributed by atoms with Crippen LogP contribution >= 0.6 is 0 Å². The molecule has 33 heavy (non-hydrogen) atoms. The van der Waals surface area contributed by atoms with Crippen LogP contribution in [0.5, 0.6) is 0 Å². The molecule has 0 spiro atoms. The maximum absolute atomic E-state index is 12.8. The first-order valence-electron chi connectivity index (χ1n) is 11.5. The number of esters is 2. The van der Waals surface area contributed by atoms with Crippen LogP contribution in [0.3, 0.4) is 0 Å². The Morgan fingerprint density at radius 3 is 2.27 bits per heavy atom. The van der Waals surface area contributed by atoms with Crippen LogP contribution in [0.15, 0.2) is 30.3 Å². The van der Waals surface area contributed by atoms with E-state index in [1.54, 1.807) is 20.8 Å². The van der Waals surface area contributed by atoms with Gasteiger partial charge in [-0.2, -0.15) is 0 Å². The van der Waals surface area contributed by atoms with Gasteiger partial charge < -0.3 is 19.5 Å². The van der Waals surface area contributed by atoms with Gasteiger partial charge in [0.2, 0.25) is 0 Å². The molecule has 1 aromatic carbocycles. The number of rotatable bonds is 8. The van der Waals surface area contributed by atoms with Crippen LogP contribution in [0.4, 0.5) is 4.79 Å². The summed E-state index contributed by atoms with van der Waals surface area (Å²) in [5, 5.41) is 2.64. The Hall–Kier alpha value is -2.61. The fraction of sp³-hybridized carbons (Fsp3) is 0.640. The molecule has 0 aromatic heterocycles. The first-order chi connectivity index (χ1) is 15.3. The van der Waals surface area contributed by atoms with Crippen LogP contribution < -0.4 is 5.32 Å². The highest BCUT2D eigenvalue weighted by atomic mass is 16.6. The molecule has 1 heterocycles. The normalized spacial score (nSPS) is 17.8. The molecule has 184 valence electrons. The third-order valence-corrected chi connectivity index (χ3v) is 4.94. The second kappa shape index (κ2) is 11.5. The molecule has 1 fully saturated rings. The molecule has 1 aliphatic rings. The Bertz CT molecular complexity index is 797. The number of ether oxygens (including phenoxy) is 3. The Kier molecular flexibility index (Phi) is 9.28. The monoisotopic (exact) mass is 462 g/mol. The molecule has 2 atom stereocenters. The third kappa shape index (κ3) is 9.82. The van der Waals surface area contributed by atoms with Crippen molar-refractivity contribution < 1.29 is 28.6 Å². The van der Waals surface area contributed by atoms with Gasteiger partial charge in [-0.05, 0) is 72.9 Å². The number of likely N-dealkylation sites (tertiary alicyclic amines) is 1. The summed E-state index contributed by atoms with van der Waals surface area (Å²) < 4.78 is 16.3. The summed E-state index contributed by atoms with van der Waals surface area (Å²) in [6.07, 6.45) is 1.17. The first-order valence-corrected chi connectivity index (χ1v) is 11.5. The van der Waals surface area contributed by atoms with Crippen molar-refractivity contribution in [2.45, 2.75) is 90.7 Å². The minimum absolute atomic E-state index is 0.0978. The van der Waals surface area contributed by atoms with Gasteiger partial charge in [-0.15, -0.1) is 0 Å². The van der Waals surface area contributed by atoms with Crippen molar-refractivity contribution in [2.24, 2.45) is 0 Å². The molecule has 0 radical (unpaired) electrons. The molecule has 1 aliphatic heterocycles. The number of nitrogens with zero attached hydrogens (tertiary/aromatic N) is 1. The van der Waals surface area contributed by atoms with E-state index in [0.29, 0.717) is 13.0 Å². The van der Waals surface area contributed by atoms with Gasteiger partial charge in [-0.25, -0.2) is 9.59 Å². The highest BCUT2D eigenvalue weighted by Gasteiger charge is 2.35. The Balaban J connectivity index is 1.99. The van der Waals surface area contributed by atoms with Gasteiger partial charge in [-0.1, -0.05) is 30.3 Å². The van der Waals surface area contributed by atoms with Crippen molar-refractivity contribution in [3.05, 3.63) is 35.9 Å². The molecule has 0 aliphatic carbocycles. The molecule has 8 nitrogen and oxygen atoms in total. The van der Waals surface area contributed by atoms with Gasteiger partial charge in [0.25, 0.3) is 0 Å². The molecule has 1 aromatic rings. The van der Waals surface area contributed by atoms with E-state index < -0.39 is 29.3 Å². The van der Waals surface area contributed by atoms with Crippen molar-refractivity contribution in [1.82, 2.24) is 10.2 Å². The Labute approximate surface area is 196 Å². The van der Waals surface area contributed by atoms with Crippen LogP contribution in [0.2, 0.25) is 0 Å². The van der Waals surface area contributed by atoms with Gasteiger partial charge in [0.1, 0.15) is 29.9 Å². The van der Waals surface area contributed by atoms with Crippen LogP contribution in [-0.4, -0.2) is 59.3 Å². The van der Waals surface area contributed by atoms with Crippen molar-refractivity contribution in [1.29, 1.82) is 0 Å². The minimum atomic E-state index is -0.896. The SMILES string of the molecule is CC(C)(C)OC(=O)[C@H](CCN1CCC[C@H]1C(=O)OC(C)(C)C)NC(=O)OCc1ccccc1. The molecule has 2 rings (SSSR count). The smallest absolute Gasteiger partial charge is 0.408 e. The summed E-state index contributed by atoms with van der Waals surface area (Å²) in [5.41, 5.74) is -0.412. The lowest BCUT2D eigenvalue weighted by molar-refractivity contribution is -0.160. The van der Waals surface area contributed by atoms with E-state index in [4.69, 9.17) is 14.2 Å². The van der Waals surface area contributed by atoms with Gasteiger partial charge in [-0.3, -0.25) is 9.69 Å². The third-order valence-electron chi connectivity index (χ3n) is 4.94. The fourth-order valence-corrected chi connectivity index (χ4v) is 3.55. The molecule has 1 saturated heterocycles. The predicted octanol–water partition coefficient (Wildman–Crippen LogP) is 3.82. The predicted molar refractivity (Wildman–Crippen MR) is 124 cm³/mol. The molecule has 0 bridgehead atoms. The molecular weight excluding hydrogens is 424 g/mol. The lowest BCUT2D eigenvalue weighted by Crippen LogP contribution is -2.47. The number of alkyl carbamates (subject to hydrolysis) is 1. The van der Waals surface area contributed by atoms with Crippen molar-refractivity contribution in [3.63, 3.8) is 0 Å². The molecule has 0 saturated carbocycles. The zero-order chi connectivity index (χ0) is 24.6. The number of hydrogen-bond donors (Lipinski definition) is 1. The van der Waals surface area contributed by atoms with E-state index in [1.807, 2.05) is 56.0 Å². The van der Waals surface area contributed by atoms with Crippen LogP contribution in [0.1, 0.15) is 66.4 Å². The molecule has 1 amide bonds. The van der Waals surface area contributed by atoms with Gasteiger partial charge in [0.15, 0.2) is 0 Å². The van der Waals surface area contributed by atoms with E-state index in [2.05, 4.69) is 5.32 Å². The van der Waals surface area contributed by atoms with E-state index in [-0.39, 0.29) is 25.0 Å². The van der Waals surface area contributed by atoms with Gasteiger partial charge in [0.05, 0.1) is 0 Å². The van der Waals surface area contributed by atoms with E-state index in [9.17, 15) is 14.4 Å². The van der Waals surface area contributed by atoms with Crippen LogP contribution in [0, 0.1) is 0 Å². The number of hydrogen-bond acceptors (Lipinski definition) is 7.